The zero-order valence-electron chi connectivity index (χ0n) is 17.3. The van der Waals surface area contributed by atoms with Gasteiger partial charge in [0.1, 0.15) is 24.5 Å². The van der Waals surface area contributed by atoms with Gasteiger partial charge in [0, 0.05) is 32.7 Å². The summed E-state index contributed by atoms with van der Waals surface area (Å²) in [5, 5.41) is 10.3. The number of carbonyl (C=O) groups excluding carboxylic acids is 1. The monoisotopic (exact) mass is 397 g/mol. The molecule has 1 fully saturated rings. The number of ether oxygens (including phenoxy) is 1. The molecule has 2 aromatic rings. The molecule has 0 aromatic heterocycles. The van der Waals surface area contributed by atoms with E-state index < -0.39 is 12.1 Å². The van der Waals surface area contributed by atoms with E-state index in [1.165, 1.54) is 0 Å². The third-order valence-electron chi connectivity index (χ3n) is 5.34. The molecule has 0 saturated carbocycles. The van der Waals surface area contributed by atoms with E-state index in [1.807, 2.05) is 62.4 Å². The molecule has 1 amide bonds. The van der Waals surface area contributed by atoms with Gasteiger partial charge in [-0.25, -0.2) is 0 Å². The molecule has 1 saturated heterocycles. The van der Waals surface area contributed by atoms with Gasteiger partial charge in [0.15, 0.2) is 0 Å². The van der Waals surface area contributed by atoms with Crippen molar-refractivity contribution >= 4 is 5.91 Å². The van der Waals surface area contributed by atoms with Gasteiger partial charge in [0.05, 0.1) is 0 Å². The molecule has 2 aromatic carbocycles. The summed E-state index contributed by atoms with van der Waals surface area (Å²) in [4.78, 5) is 16.4. The maximum atomic E-state index is 12.1. The Bertz CT molecular complexity index is 801. The highest BCUT2D eigenvalue weighted by molar-refractivity contribution is 5.81. The van der Waals surface area contributed by atoms with Crippen LogP contribution in [0.1, 0.15) is 22.7 Å². The normalized spacial score (nSPS) is 17.6. The van der Waals surface area contributed by atoms with Gasteiger partial charge in [0.2, 0.25) is 5.91 Å². The molecule has 0 aliphatic carbocycles. The number of nitrogens with two attached hydrogens (primary N) is 1. The molecule has 1 aliphatic heterocycles. The average Bonchev–Trinajstić information content (AvgIpc) is 2.69. The summed E-state index contributed by atoms with van der Waals surface area (Å²) in [5.41, 5.74) is 8.93. The number of piperazine rings is 1. The number of carbonyl (C=O) groups is 1. The number of aliphatic hydroxyl groups excluding tert-OH is 1. The Labute approximate surface area is 172 Å². The number of aliphatic hydroxyl groups is 1. The van der Waals surface area contributed by atoms with E-state index in [1.54, 1.807) is 0 Å². The highest BCUT2D eigenvalue weighted by atomic mass is 16.5. The predicted octanol–water partition coefficient (Wildman–Crippen LogP) is 1.89. The minimum absolute atomic E-state index is 0.261. The Morgan fingerprint density at radius 3 is 2.38 bits per heavy atom. The first kappa shape index (κ1) is 21.3. The molecule has 2 unspecified atom stereocenters. The van der Waals surface area contributed by atoms with Crippen LogP contribution < -0.4 is 10.5 Å². The second-order valence-electron chi connectivity index (χ2n) is 7.83. The van der Waals surface area contributed by atoms with Crippen molar-refractivity contribution in [1.29, 1.82) is 0 Å². The average molecular weight is 398 g/mol. The molecule has 0 radical (unpaired) electrons. The van der Waals surface area contributed by atoms with E-state index >= 15 is 0 Å². The summed E-state index contributed by atoms with van der Waals surface area (Å²) in [6.45, 7) is 7.85. The van der Waals surface area contributed by atoms with E-state index in [2.05, 4.69) is 9.80 Å². The molecular formula is C23H31N3O3. The number of rotatable bonds is 8. The number of amides is 1. The van der Waals surface area contributed by atoms with Crippen molar-refractivity contribution in [2.75, 3.05) is 39.3 Å². The molecule has 6 heteroatoms. The largest absolute Gasteiger partial charge is 0.491 e. The van der Waals surface area contributed by atoms with Crippen molar-refractivity contribution in [1.82, 2.24) is 9.80 Å². The topological polar surface area (TPSA) is 79.0 Å². The van der Waals surface area contributed by atoms with Crippen LogP contribution in [0.2, 0.25) is 0 Å². The molecule has 2 atom stereocenters. The molecule has 1 heterocycles. The number of aryl methyl sites for hydroxylation is 2. The standard InChI is InChI=1S/C23H31N3O3/c1-17-6-8-19(9-7-17)22(23(24)28)26-12-10-25(11-13-26)15-20(27)16-29-21-5-3-4-18(2)14-21/h3-9,14,20,22,27H,10-13,15-16H2,1-2H3,(H2,24,28). The van der Waals surface area contributed by atoms with Crippen LogP contribution in [0, 0.1) is 13.8 Å². The van der Waals surface area contributed by atoms with E-state index in [0.717, 1.165) is 48.6 Å². The SMILES string of the molecule is Cc1ccc(C(C(N)=O)N2CCN(CC(O)COc3cccc(C)c3)CC2)cc1. The Kier molecular flexibility index (Phi) is 7.25. The summed E-state index contributed by atoms with van der Waals surface area (Å²) in [7, 11) is 0. The van der Waals surface area contributed by atoms with Gasteiger partial charge in [-0.15, -0.1) is 0 Å². The predicted molar refractivity (Wildman–Crippen MR) is 114 cm³/mol. The second-order valence-corrected chi connectivity index (χ2v) is 7.83. The molecule has 0 bridgehead atoms. The van der Waals surface area contributed by atoms with Crippen molar-refractivity contribution < 1.29 is 14.6 Å². The summed E-state index contributed by atoms with van der Waals surface area (Å²) >= 11 is 0. The lowest BCUT2D eigenvalue weighted by molar-refractivity contribution is -0.124. The van der Waals surface area contributed by atoms with Crippen molar-refractivity contribution in [3.8, 4) is 5.75 Å². The minimum Gasteiger partial charge on any atom is -0.491 e. The molecule has 6 nitrogen and oxygen atoms in total. The van der Waals surface area contributed by atoms with Crippen molar-refractivity contribution in [3.05, 3.63) is 65.2 Å². The number of hydrogen-bond donors (Lipinski definition) is 2. The Morgan fingerprint density at radius 1 is 1.07 bits per heavy atom. The highest BCUT2D eigenvalue weighted by Crippen LogP contribution is 2.22. The van der Waals surface area contributed by atoms with Gasteiger partial charge < -0.3 is 15.6 Å². The maximum absolute atomic E-state index is 12.1. The van der Waals surface area contributed by atoms with Gasteiger partial charge in [-0.3, -0.25) is 14.6 Å². The molecule has 156 valence electrons. The van der Waals surface area contributed by atoms with Gasteiger partial charge in [-0.05, 0) is 37.1 Å². The second kappa shape index (κ2) is 9.87. The molecular weight excluding hydrogens is 366 g/mol. The molecule has 3 rings (SSSR count). The summed E-state index contributed by atoms with van der Waals surface area (Å²) in [5.74, 6) is 0.449. The van der Waals surface area contributed by atoms with Crippen LogP contribution >= 0.6 is 0 Å². The van der Waals surface area contributed by atoms with Gasteiger partial charge >= 0.3 is 0 Å². The van der Waals surface area contributed by atoms with Crippen LogP contribution in [0.15, 0.2) is 48.5 Å². The van der Waals surface area contributed by atoms with Crippen LogP contribution in [-0.4, -0.2) is 66.2 Å². The fourth-order valence-corrected chi connectivity index (χ4v) is 3.76. The highest BCUT2D eigenvalue weighted by Gasteiger charge is 2.29. The van der Waals surface area contributed by atoms with E-state index in [-0.39, 0.29) is 12.5 Å². The first-order chi connectivity index (χ1) is 13.9. The van der Waals surface area contributed by atoms with Gasteiger partial charge in [-0.2, -0.15) is 0 Å². The summed E-state index contributed by atoms with van der Waals surface area (Å²) in [6, 6.07) is 15.4. The molecule has 29 heavy (non-hydrogen) atoms. The Balaban J connectivity index is 1.48. The van der Waals surface area contributed by atoms with Crippen LogP contribution in [0.4, 0.5) is 0 Å². The maximum Gasteiger partial charge on any atom is 0.239 e. The zero-order valence-corrected chi connectivity index (χ0v) is 17.3. The number of β-amino-alcohol motifs (C(OH)–C–C–N with tert-alkyl or cyclic N) is 1. The van der Waals surface area contributed by atoms with E-state index in [9.17, 15) is 9.90 Å². The quantitative estimate of drug-likeness (QED) is 0.711. The lowest BCUT2D eigenvalue weighted by Gasteiger charge is -2.38. The fourth-order valence-electron chi connectivity index (χ4n) is 3.76. The molecule has 3 N–H and O–H groups in total. The Hall–Kier alpha value is -2.41. The molecule has 1 aliphatic rings. The van der Waals surface area contributed by atoms with Crippen LogP contribution in [-0.2, 0) is 4.79 Å². The third-order valence-corrected chi connectivity index (χ3v) is 5.34. The van der Waals surface area contributed by atoms with Gasteiger partial charge in [-0.1, -0.05) is 42.0 Å². The van der Waals surface area contributed by atoms with Crippen LogP contribution in [0.5, 0.6) is 5.75 Å². The number of benzene rings is 2. The van der Waals surface area contributed by atoms with Crippen molar-refractivity contribution in [3.63, 3.8) is 0 Å². The number of primary amides is 1. The van der Waals surface area contributed by atoms with Crippen molar-refractivity contribution in [2.45, 2.75) is 26.0 Å². The van der Waals surface area contributed by atoms with Crippen LogP contribution in [0.25, 0.3) is 0 Å². The first-order valence-electron chi connectivity index (χ1n) is 10.1. The van der Waals surface area contributed by atoms with E-state index in [4.69, 9.17) is 10.5 Å². The summed E-state index contributed by atoms with van der Waals surface area (Å²) in [6.07, 6.45) is -0.564. The van der Waals surface area contributed by atoms with Gasteiger partial charge in [0.25, 0.3) is 0 Å². The summed E-state index contributed by atoms with van der Waals surface area (Å²) < 4.78 is 5.70. The smallest absolute Gasteiger partial charge is 0.239 e. The lowest BCUT2D eigenvalue weighted by atomic mass is 10.0. The number of nitrogens with zero attached hydrogens (tertiary/aromatic N) is 2. The van der Waals surface area contributed by atoms with Crippen LogP contribution in [0.3, 0.4) is 0 Å². The first-order valence-corrected chi connectivity index (χ1v) is 10.1. The fraction of sp³-hybridized carbons (Fsp3) is 0.435. The third kappa shape index (κ3) is 6.03. The number of hydrogen-bond acceptors (Lipinski definition) is 5. The lowest BCUT2D eigenvalue weighted by Crippen LogP contribution is -2.52. The Morgan fingerprint density at radius 2 is 1.76 bits per heavy atom. The van der Waals surface area contributed by atoms with Crippen molar-refractivity contribution in [2.24, 2.45) is 5.73 Å². The molecule has 0 spiro atoms. The minimum atomic E-state index is -0.564. The zero-order chi connectivity index (χ0) is 20.8. The van der Waals surface area contributed by atoms with E-state index in [0.29, 0.717) is 6.54 Å².